The monoisotopic (exact) mass is 584 g/mol. The van der Waals surface area contributed by atoms with Gasteiger partial charge in [0.2, 0.25) is 5.95 Å². The van der Waals surface area contributed by atoms with Crippen LogP contribution in [-0.4, -0.2) is 90.9 Å². The minimum atomic E-state index is -1.17. The number of nitrogens with two attached hydrogens (primary N) is 1. The zero-order valence-electron chi connectivity index (χ0n) is 22.8. The van der Waals surface area contributed by atoms with Crippen LogP contribution in [0.1, 0.15) is 0 Å². The van der Waals surface area contributed by atoms with E-state index in [9.17, 15) is 18.7 Å². The van der Waals surface area contributed by atoms with Gasteiger partial charge in [0, 0.05) is 58.4 Å². The van der Waals surface area contributed by atoms with E-state index < -0.39 is 24.3 Å². The van der Waals surface area contributed by atoms with Gasteiger partial charge in [-0.15, -0.1) is 0 Å². The molecule has 4 N–H and O–H groups in total. The lowest BCUT2D eigenvalue weighted by Crippen LogP contribution is -2.47. The summed E-state index contributed by atoms with van der Waals surface area (Å²) in [7, 11) is 1.68. The molecule has 0 radical (unpaired) electrons. The highest BCUT2D eigenvalue weighted by Crippen LogP contribution is 2.30. The van der Waals surface area contributed by atoms with Gasteiger partial charge >= 0.3 is 5.69 Å². The Kier molecular flexibility index (Phi) is 7.30. The molecule has 0 spiro atoms. The maximum atomic E-state index is 14.7. The van der Waals surface area contributed by atoms with E-state index in [4.69, 9.17) is 20.0 Å². The van der Waals surface area contributed by atoms with E-state index >= 15 is 0 Å². The van der Waals surface area contributed by atoms with Crippen molar-refractivity contribution in [1.29, 1.82) is 0 Å². The number of aryl methyl sites for hydroxylation is 1. The average molecular weight is 585 g/mol. The molecule has 4 aromatic heterocycles. The molecule has 1 aliphatic rings. The maximum Gasteiger partial charge on any atom is 0.330 e. The van der Waals surface area contributed by atoms with Gasteiger partial charge in [-0.25, -0.2) is 13.6 Å². The topological polar surface area (TPSA) is 152 Å². The molecule has 0 amide bonds. The molecule has 0 aliphatic carbocycles. The molecule has 1 aromatic carbocycles. The van der Waals surface area contributed by atoms with Gasteiger partial charge in [-0.2, -0.15) is 14.6 Å². The Bertz CT molecular complexity index is 1790. The van der Waals surface area contributed by atoms with Crippen molar-refractivity contribution in [1.82, 2.24) is 28.6 Å². The number of hydrogen-bond acceptors (Lipinski definition) is 10. The molecule has 13 nitrogen and oxygen atoms in total. The molecular formula is C27H30F2N8O5. The Morgan fingerprint density at radius 3 is 2.64 bits per heavy atom. The van der Waals surface area contributed by atoms with Gasteiger partial charge in [0.1, 0.15) is 29.7 Å². The standard InChI is InChI=1S/C27H30F2N8O5/c1-33-24-21-12-19(22-3-2-10-41-22)32-37(21)26(30)31-25(24)36(27(33)40)9-6-34-4-7-35(8-5-34)20-13-23(18(29)11-17(20)28)42-15-16(39)14-38/h2-3,10-13,16,38-39H,4-9,14-15H2,1H3,(H2,30,31). The summed E-state index contributed by atoms with van der Waals surface area (Å²) in [4.78, 5) is 21.7. The van der Waals surface area contributed by atoms with Crippen molar-refractivity contribution in [2.45, 2.75) is 12.6 Å². The van der Waals surface area contributed by atoms with Crippen LogP contribution in [0.25, 0.3) is 28.1 Å². The molecule has 0 saturated carbocycles. The first-order chi connectivity index (χ1) is 20.2. The third-order valence-corrected chi connectivity index (χ3v) is 7.48. The molecule has 6 rings (SSSR count). The van der Waals surface area contributed by atoms with Crippen molar-refractivity contribution < 1.29 is 28.1 Å². The predicted molar refractivity (Wildman–Crippen MR) is 149 cm³/mol. The van der Waals surface area contributed by atoms with E-state index in [2.05, 4.69) is 15.0 Å². The van der Waals surface area contributed by atoms with E-state index in [0.29, 0.717) is 67.4 Å². The van der Waals surface area contributed by atoms with Gasteiger partial charge in [0.25, 0.3) is 0 Å². The Labute approximate surface area is 237 Å². The summed E-state index contributed by atoms with van der Waals surface area (Å²) in [5, 5.41) is 22.9. The van der Waals surface area contributed by atoms with Gasteiger partial charge in [-0.05, 0) is 18.2 Å². The second kappa shape index (κ2) is 11.1. The van der Waals surface area contributed by atoms with E-state index in [0.717, 1.165) is 6.07 Å². The Morgan fingerprint density at radius 2 is 1.93 bits per heavy atom. The number of nitrogen functional groups attached to an aromatic ring is 1. The van der Waals surface area contributed by atoms with Crippen LogP contribution >= 0.6 is 0 Å². The summed E-state index contributed by atoms with van der Waals surface area (Å²) >= 11 is 0. The Morgan fingerprint density at radius 1 is 1.14 bits per heavy atom. The Hall–Kier alpha value is -4.47. The summed E-state index contributed by atoms with van der Waals surface area (Å²) in [6, 6.07) is 7.38. The highest BCUT2D eigenvalue weighted by atomic mass is 19.1. The molecule has 1 unspecified atom stereocenters. The smallest absolute Gasteiger partial charge is 0.330 e. The number of furan rings is 1. The molecule has 1 saturated heterocycles. The van der Waals surface area contributed by atoms with Gasteiger partial charge in [-0.1, -0.05) is 0 Å². The molecule has 42 heavy (non-hydrogen) atoms. The van der Waals surface area contributed by atoms with Gasteiger partial charge in [-0.3, -0.25) is 14.0 Å². The fraction of sp³-hybridized carbons (Fsp3) is 0.370. The second-order valence-electron chi connectivity index (χ2n) is 10.1. The highest BCUT2D eigenvalue weighted by molar-refractivity contribution is 5.91. The first-order valence-corrected chi connectivity index (χ1v) is 13.4. The summed E-state index contributed by atoms with van der Waals surface area (Å²) in [6.07, 6.45) is 0.380. The Balaban J connectivity index is 1.17. The summed E-state index contributed by atoms with van der Waals surface area (Å²) in [6.45, 7) is 2.11. The number of ether oxygens (including phenoxy) is 1. The van der Waals surface area contributed by atoms with E-state index in [1.807, 2.05) is 6.07 Å². The number of piperazine rings is 1. The number of hydrogen-bond donors (Lipinski definition) is 3. The van der Waals surface area contributed by atoms with Gasteiger partial charge < -0.3 is 30.0 Å². The van der Waals surface area contributed by atoms with Crippen LogP contribution in [0.2, 0.25) is 0 Å². The lowest BCUT2D eigenvalue weighted by Gasteiger charge is -2.36. The number of halogens is 2. The minimum Gasteiger partial charge on any atom is -0.488 e. The normalized spacial score (nSPS) is 15.2. The van der Waals surface area contributed by atoms with Crippen LogP contribution in [0.5, 0.6) is 5.75 Å². The number of rotatable bonds is 9. The number of nitrogens with zero attached hydrogens (tertiary/aromatic N) is 7. The minimum absolute atomic E-state index is 0.138. The zero-order valence-corrected chi connectivity index (χ0v) is 22.8. The van der Waals surface area contributed by atoms with Crippen LogP contribution in [0.3, 0.4) is 0 Å². The molecule has 0 bridgehead atoms. The van der Waals surface area contributed by atoms with Crippen LogP contribution in [0.4, 0.5) is 20.4 Å². The third-order valence-electron chi connectivity index (χ3n) is 7.48. The number of fused-ring (bicyclic) bond motifs is 3. The van der Waals surface area contributed by atoms with Gasteiger partial charge in [0.05, 0.1) is 24.1 Å². The number of imidazole rings is 1. The number of aliphatic hydroxyl groups excluding tert-OH is 2. The first-order valence-electron chi connectivity index (χ1n) is 13.4. The molecule has 5 heterocycles. The summed E-state index contributed by atoms with van der Waals surface area (Å²) in [5.41, 5.74) is 8.43. The SMILES string of the molecule is Cn1c(=O)n(CCN2CCN(c3cc(OCC(O)CO)c(F)cc3F)CC2)c2nc(N)n3nc(-c4ccco4)cc3c21. The number of benzene rings is 1. The molecule has 222 valence electrons. The van der Waals surface area contributed by atoms with Crippen molar-refractivity contribution >= 4 is 28.3 Å². The van der Waals surface area contributed by atoms with E-state index in [1.54, 1.807) is 34.9 Å². The average Bonchev–Trinajstić information content (AvgIpc) is 3.72. The lowest BCUT2D eigenvalue weighted by molar-refractivity contribution is 0.0523. The fourth-order valence-electron chi connectivity index (χ4n) is 5.24. The molecular weight excluding hydrogens is 554 g/mol. The van der Waals surface area contributed by atoms with Crippen molar-refractivity contribution in [3.05, 3.63) is 58.7 Å². The van der Waals surface area contributed by atoms with Crippen molar-refractivity contribution in [3.8, 4) is 17.2 Å². The van der Waals surface area contributed by atoms with Crippen LogP contribution < -0.4 is 21.1 Å². The molecule has 1 atom stereocenters. The van der Waals surface area contributed by atoms with Crippen molar-refractivity contribution in [3.63, 3.8) is 0 Å². The predicted octanol–water partition coefficient (Wildman–Crippen LogP) is 1.06. The second-order valence-corrected chi connectivity index (χ2v) is 10.1. The molecule has 1 aliphatic heterocycles. The number of aliphatic hydroxyl groups is 2. The van der Waals surface area contributed by atoms with Crippen molar-refractivity contribution in [2.24, 2.45) is 7.05 Å². The summed E-state index contributed by atoms with van der Waals surface area (Å²) < 4.78 is 44.2. The van der Waals surface area contributed by atoms with Gasteiger partial charge in [0.15, 0.2) is 23.0 Å². The van der Waals surface area contributed by atoms with E-state index in [-0.39, 0.29) is 29.7 Å². The van der Waals surface area contributed by atoms with E-state index in [1.165, 1.54) is 15.1 Å². The highest BCUT2D eigenvalue weighted by Gasteiger charge is 2.24. The van der Waals surface area contributed by atoms with Crippen molar-refractivity contribution in [2.75, 3.05) is 56.6 Å². The molecule has 15 heteroatoms. The van der Waals surface area contributed by atoms with Crippen LogP contribution in [0.15, 0.2) is 45.8 Å². The quantitative estimate of drug-likeness (QED) is 0.229. The molecule has 1 fully saturated rings. The lowest BCUT2D eigenvalue weighted by atomic mass is 10.2. The number of anilines is 2. The van der Waals surface area contributed by atoms with Crippen LogP contribution in [-0.2, 0) is 13.6 Å². The third kappa shape index (κ3) is 4.95. The molecule has 5 aromatic rings. The first kappa shape index (κ1) is 27.7. The summed E-state index contributed by atoms with van der Waals surface area (Å²) in [5.74, 6) is -1.10. The number of aromatic nitrogens is 5. The largest absolute Gasteiger partial charge is 0.488 e. The fourth-order valence-corrected chi connectivity index (χ4v) is 5.24. The van der Waals surface area contributed by atoms with Crippen LogP contribution in [0, 0.1) is 11.6 Å². The maximum absolute atomic E-state index is 14.7. The zero-order chi connectivity index (χ0) is 29.5.